The van der Waals surface area contributed by atoms with E-state index in [0.717, 1.165) is 30.6 Å². The SMILES string of the molecule is CCC(=O)N1CCC[C@H](c2ccnc(-c3ccc(F)cc3)n2)C1. The van der Waals surface area contributed by atoms with Crippen LogP contribution in [0.2, 0.25) is 0 Å². The first-order valence-electron chi connectivity index (χ1n) is 8.04. The summed E-state index contributed by atoms with van der Waals surface area (Å²) in [5.41, 5.74) is 1.75. The molecule has 120 valence electrons. The first-order chi connectivity index (χ1) is 11.2. The molecule has 1 aliphatic rings. The van der Waals surface area contributed by atoms with Crippen LogP contribution in [0.4, 0.5) is 4.39 Å². The monoisotopic (exact) mass is 313 g/mol. The average molecular weight is 313 g/mol. The van der Waals surface area contributed by atoms with Crippen LogP contribution in [-0.4, -0.2) is 33.9 Å². The van der Waals surface area contributed by atoms with E-state index in [1.807, 2.05) is 17.9 Å². The summed E-state index contributed by atoms with van der Waals surface area (Å²) in [4.78, 5) is 22.8. The van der Waals surface area contributed by atoms with Gasteiger partial charge in [-0.1, -0.05) is 6.92 Å². The molecule has 0 saturated carbocycles. The van der Waals surface area contributed by atoms with Crippen LogP contribution in [0.25, 0.3) is 11.4 Å². The predicted octanol–water partition coefficient (Wildman–Crippen LogP) is 3.40. The van der Waals surface area contributed by atoms with Crippen LogP contribution in [0.3, 0.4) is 0 Å². The first kappa shape index (κ1) is 15.6. The standard InChI is InChI=1S/C18H20FN3O/c1-2-17(23)22-11-3-4-14(12-22)16-9-10-20-18(21-16)13-5-7-15(19)8-6-13/h5-10,14H,2-4,11-12H2,1H3/t14-/m0/s1. The maximum absolute atomic E-state index is 13.0. The molecule has 1 aliphatic heterocycles. The Hall–Kier alpha value is -2.30. The highest BCUT2D eigenvalue weighted by atomic mass is 19.1. The van der Waals surface area contributed by atoms with E-state index in [1.54, 1.807) is 18.3 Å². The van der Waals surface area contributed by atoms with Crippen LogP contribution in [0.1, 0.15) is 37.8 Å². The van der Waals surface area contributed by atoms with Gasteiger partial charge in [-0.3, -0.25) is 4.79 Å². The molecule has 1 saturated heterocycles. The fourth-order valence-corrected chi connectivity index (χ4v) is 3.01. The van der Waals surface area contributed by atoms with Gasteiger partial charge in [0.05, 0.1) is 0 Å². The molecule has 1 aromatic heterocycles. The Balaban J connectivity index is 1.82. The molecule has 1 atom stereocenters. The van der Waals surface area contributed by atoms with Crippen molar-refractivity contribution in [2.24, 2.45) is 0 Å². The number of likely N-dealkylation sites (tertiary alicyclic amines) is 1. The Morgan fingerprint density at radius 3 is 2.83 bits per heavy atom. The number of amides is 1. The summed E-state index contributed by atoms with van der Waals surface area (Å²) in [5.74, 6) is 0.760. The molecule has 0 N–H and O–H groups in total. The van der Waals surface area contributed by atoms with Crippen molar-refractivity contribution in [3.05, 3.63) is 48.0 Å². The summed E-state index contributed by atoms with van der Waals surface area (Å²) in [5, 5.41) is 0. The van der Waals surface area contributed by atoms with Crippen molar-refractivity contribution < 1.29 is 9.18 Å². The summed E-state index contributed by atoms with van der Waals surface area (Å²) < 4.78 is 13.0. The Labute approximate surface area is 135 Å². The van der Waals surface area contributed by atoms with Gasteiger partial charge < -0.3 is 4.90 Å². The number of hydrogen-bond donors (Lipinski definition) is 0. The second-order valence-corrected chi connectivity index (χ2v) is 5.84. The Kier molecular flexibility index (Phi) is 4.65. The number of nitrogens with zero attached hydrogens (tertiary/aromatic N) is 3. The quantitative estimate of drug-likeness (QED) is 0.872. The molecule has 23 heavy (non-hydrogen) atoms. The van der Waals surface area contributed by atoms with Gasteiger partial charge in [-0.05, 0) is 43.2 Å². The van der Waals surface area contributed by atoms with Crippen molar-refractivity contribution in [3.63, 3.8) is 0 Å². The van der Waals surface area contributed by atoms with Crippen LogP contribution in [0.15, 0.2) is 36.5 Å². The summed E-state index contributed by atoms with van der Waals surface area (Å²) in [6.07, 6.45) is 4.29. The van der Waals surface area contributed by atoms with Gasteiger partial charge in [-0.25, -0.2) is 14.4 Å². The van der Waals surface area contributed by atoms with Gasteiger partial charge in [0.25, 0.3) is 0 Å². The normalized spacial score (nSPS) is 18.0. The molecule has 1 aromatic carbocycles. The van der Waals surface area contributed by atoms with E-state index < -0.39 is 0 Å². The number of aromatic nitrogens is 2. The number of benzene rings is 1. The zero-order valence-electron chi connectivity index (χ0n) is 13.2. The van der Waals surface area contributed by atoms with Gasteiger partial charge in [0.2, 0.25) is 5.91 Å². The van der Waals surface area contributed by atoms with E-state index in [-0.39, 0.29) is 17.6 Å². The van der Waals surface area contributed by atoms with Crippen molar-refractivity contribution in [2.75, 3.05) is 13.1 Å². The van der Waals surface area contributed by atoms with E-state index in [4.69, 9.17) is 0 Å². The van der Waals surface area contributed by atoms with Crippen LogP contribution in [-0.2, 0) is 4.79 Å². The van der Waals surface area contributed by atoms with Gasteiger partial charge in [0, 0.05) is 42.9 Å². The fourth-order valence-electron chi connectivity index (χ4n) is 3.01. The molecule has 4 nitrogen and oxygen atoms in total. The number of hydrogen-bond acceptors (Lipinski definition) is 3. The smallest absolute Gasteiger partial charge is 0.222 e. The number of carbonyl (C=O) groups is 1. The average Bonchev–Trinajstić information content (AvgIpc) is 2.62. The van der Waals surface area contributed by atoms with Crippen LogP contribution in [0.5, 0.6) is 0 Å². The maximum atomic E-state index is 13.0. The predicted molar refractivity (Wildman–Crippen MR) is 86.3 cm³/mol. The lowest BCUT2D eigenvalue weighted by atomic mass is 9.94. The van der Waals surface area contributed by atoms with Gasteiger partial charge in [0.1, 0.15) is 5.82 Å². The number of halogens is 1. The fraction of sp³-hybridized carbons (Fsp3) is 0.389. The highest BCUT2D eigenvalue weighted by molar-refractivity contribution is 5.76. The summed E-state index contributed by atoms with van der Waals surface area (Å²) >= 11 is 0. The van der Waals surface area contributed by atoms with Crippen molar-refractivity contribution in [2.45, 2.75) is 32.1 Å². The van der Waals surface area contributed by atoms with E-state index in [9.17, 15) is 9.18 Å². The molecule has 5 heteroatoms. The lowest BCUT2D eigenvalue weighted by Gasteiger charge is -2.32. The van der Waals surface area contributed by atoms with Crippen molar-refractivity contribution >= 4 is 5.91 Å². The minimum Gasteiger partial charge on any atom is -0.342 e. The molecule has 2 aromatic rings. The zero-order valence-corrected chi connectivity index (χ0v) is 13.2. The lowest BCUT2D eigenvalue weighted by Crippen LogP contribution is -2.38. The van der Waals surface area contributed by atoms with E-state index >= 15 is 0 Å². The number of rotatable bonds is 3. The van der Waals surface area contributed by atoms with Crippen molar-refractivity contribution in [3.8, 4) is 11.4 Å². The second kappa shape index (κ2) is 6.86. The highest BCUT2D eigenvalue weighted by Crippen LogP contribution is 2.27. The van der Waals surface area contributed by atoms with Gasteiger partial charge >= 0.3 is 0 Å². The van der Waals surface area contributed by atoms with Crippen molar-refractivity contribution in [1.29, 1.82) is 0 Å². The number of piperidine rings is 1. The van der Waals surface area contributed by atoms with Crippen LogP contribution < -0.4 is 0 Å². The molecular weight excluding hydrogens is 293 g/mol. The van der Waals surface area contributed by atoms with E-state index in [0.29, 0.717) is 18.8 Å². The lowest BCUT2D eigenvalue weighted by molar-refractivity contribution is -0.132. The molecule has 0 spiro atoms. The van der Waals surface area contributed by atoms with Crippen molar-refractivity contribution in [1.82, 2.24) is 14.9 Å². The summed E-state index contributed by atoms with van der Waals surface area (Å²) in [6.45, 7) is 3.44. The highest BCUT2D eigenvalue weighted by Gasteiger charge is 2.25. The van der Waals surface area contributed by atoms with Crippen LogP contribution >= 0.6 is 0 Å². The molecule has 0 unspecified atom stereocenters. The Morgan fingerprint density at radius 1 is 1.30 bits per heavy atom. The molecule has 0 aliphatic carbocycles. The topological polar surface area (TPSA) is 46.1 Å². The molecule has 2 heterocycles. The summed E-state index contributed by atoms with van der Waals surface area (Å²) in [7, 11) is 0. The minimum absolute atomic E-state index is 0.197. The Bertz CT molecular complexity index is 687. The first-order valence-corrected chi connectivity index (χ1v) is 8.04. The van der Waals surface area contributed by atoms with Gasteiger partial charge in [0.15, 0.2) is 5.82 Å². The Morgan fingerprint density at radius 2 is 2.09 bits per heavy atom. The largest absolute Gasteiger partial charge is 0.342 e. The maximum Gasteiger partial charge on any atom is 0.222 e. The summed E-state index contributed by atoms with van der Waals surface area (Å²) in [6, 6.07) is 8.10. The molecular formula is C18H20FN3O. The van der Waals surface area contributed by atoms with Gasteiger partial charge in [-0.15, -0.1) is 0 Å². The van der Waals surface area contributed by atoms with Gasteiger partial charge in [-0.2, -0.15) is 0 Å². The third-order valence-corrected chi connectivity index (χ3v) is 4.27. The molecule has 1 fully saturated rings. The molecule has 3 rings (SSSR count). The molecule has 1 amide bonds. The minimum atomic E-state index is -0.272. The van der Waals surface area contributed by atoms with Crippen LogP contribution in [0, 0.1) is 5.82 Å². The third kappa shape index (κ3) is 3.55. The number of carbonyl (C=O) groups excluding carboxylic acids is 1. The third-order valence-electron chi connectivity index (χ3n) is 4.27. The molecule has 0 radical (unpaired) electrons. The van der Waals surface area contributed by atoms with E-state index in [1.165, 1.54) is 12.1 Å². The zero-order chi connectivity index (χ0) is 16.2. The molecule has 0 bridgehead atoms. The van der Waals surface area contributed by atoms with E-state index in [2.05, 4.69) is 9.97 Å². The second-order valence-electron chi connectivity index (χ2n) is 5.84.